The van der Waals surface area contributed by atoms with E-state index in [1.54, 1.807) is 115 Å². The number of nitrogens with two attached hydrogens (primary N) is 1. The van der Waals surface area contributed by atoms with Crippen LogP contribution in [-0.4, -0.2) is 41.9 Å². The summed E-state index contributed by atoms with van der Waals surface area (Å²) >= 11 is 20.7. The lowest BCUT2D eigenvalue weighted by Crippen LogP contribution is -2.54. The van der Waals surface area contributed by atoms with Crippen molar-refractivity contribution in [3.63, 3.8) is 0 Å². The van der Waals surface area contributed by atoms with Gasteiger partial charge in [-0.1, -0.05) is 58.6 Å². The van der Waals surface area contributed by atoms with E-state index in [0.29, 0.717) is 37.3 Å². The van der Waals surface area contributed by atoms with Crippen LogP contribution < -0.4 is 29.4 Å². The number of benzene rings is 7. The van der Waals surface area contributed by atoms with E-state index in [4.69, 9.17) is 69.2 Å². The Morgan fingerprint density at radius 3 is 1.54 bits per heavy atom. The predicted molar refractivity (Wildman–Crippen MR) is 267 cm³/mol. The Bertz CT molecular complexity index is 3180. The number of carbonyl (C=O) groups excluding carboxylic acids is 4. The highest BCUT2D eigenvalue weighted by atomic mass is 127. The second-order valence-electron chi connectivity index (χ2n) is 16.3. The molecule has 9 rings (SSSR count). The van der Waals surface area contributed by atoms with E-state index in [1.165, 1.54) is 30.3 Å². The second-order valence-corrected chi connectivity index (χ2v) is 18.9. The van der Waals surface area contributed by atoms with Gasteiger partial charge >= 0.3 is 23.9 Å². The predicted octanol–water partition coefficient (Wildman–Crippen LogP) is 11.8. The van der Waals surface area contributed by atoms with E-state index in [2.05, 4.69) is 22.6 Å². The smallest absolute Gasteiger partial charge is 0.343 e. The lowest BCUT2D eigenvalue weighted by molar-refractivity contribution is 0.0666. The van der Waals surface area contributed by atoms with Crippen LogP contribution in [0.4, 0.5) is 0 Å². The number of carbonyl (C=O) groups is 4. The molecule has 11 nitrogen and oxygen atoms in total. The molecule has 0 saturated carbocycles. The molecule has 2 aliphatic rings. The molecule has 1 heterocycles. The number of halogens is 4. The maximum absolute atomic E-state index is 14.0. The van der Waals surface area contributed by atoms with Crippen LogP contribution in [-0.2, 0) is 11.8 Å². The standard InChI is InChI=1S/C53H36Cl3IN2O9/c1-29-3-5-31(6-4-29)49(61)67-44-26-41-35(25-43(44)66-50(62)34-13-21-39(57)22-14-34)27-53(59-47(58)30-7-15-36(54)16-8-30)28-64-45-40(52(41,53)2)23-24-42(65-48(60)32-9-17-37(55)18-10-32)46(45)68-51(63)33-11-19-38(56)20-12-33/h3-26H,27-28H2,1-2H3,(H2,58,59)/t52-,53+/m0/s1. The maximum atomic E-state index is 14.0. The fourth-order valence-electron chi connectivity index (χ4n) is 8.33. The van der Waals surface area contributed by atoms with Crippen molar-refractivity contribution in [1.82, 2.24) is 0 Å². The second kappa shape index (κ2) is 18.8. The van der Waals surface area contributed by atoms with Gasteiger partial charge in [-0.15, -0.1) is 0 Å². The van der Waals surface area contributed by atoms with Gasteiger partial charge in [-0.2, -0.15) is 0 Å². The molecule has 0 amide bonds. The molecule has 0 unspecified atom stereocenters. The molecule has 0 saturated heterocycles. The first-order chi connectivity index (χ1) is 32.6. The third-order valence-electron chi connectivity index (χ3n) is 12.0. The molecule has 1 aliphatic carbocycles. The summed E-state index contributed by atoms with van der Waals surface area (Å²) in [4.78, 5) is 60.6. The molecule has 0 fully saturated rings. The first kappa shape index (κ1) is 46.4. The Hall–Kier alpha value is -6.71. The van der Waals surface area contributed by atoms with Crippen LogP contribution in [0, 0.1) is 10.5 Å². The first-order valence-electron chi connectivity index (χ1n) is 20.9. The Kier molecular flexibility index (Phi) is 12.8. The minimum absolute atomic E-state index is 0.0250. The van der Waals surface area contributed by atoms with Crippen LogP contribution in [0.3, 0.4) is 0 Å². The van der Waals surface area contributed by atoms with Gasteiger partial charge in [-0.25, -0.2) is 19.2 Å². The average Bonchev–Trinajstić information content (AvgIpc) is 3.57. The number of aryl methyl sites for hydroxylation is 1. The topological polar surface area (TPSA) is 153 Å². The summed E-state index contributed by atoms with van der Waals surface area (Å²) in [7, 11) is 0. The SMILES string of the molecule is Cc1ccc(C(=O)Oc2cc3c(cc2OC(=O)c2ccc(I)cc2)C[C@@]2(N=C(N)c4ccc(Cl)cc4)COc4c(ccc(OC(=O)c5ccc(Cl)cc5)c4OC(=O)c4ccc(Cl)cc4)[C@@]32C)cc1. The van der Waals surface area contributed by atoms with Crippen LogP contribution >= 0.6 is 57.4 Å². The number of fused-ring (bicyclic) bond motifs is 5. The summed E-state index contributed by atoms with van der Waals surface area (Å²) < 4.78 is 31.9. The lowest BCUT2D eigenvalue weighted by Gasteiger charge is -2.46. The van der Waals surface area contributed by atoms with Crippen LogP contribution in [0.5, 0.6) is 28.7 Å². The van der Waals surface area contributed by atoms with Crippen molar-refractivity contribution in [3.05, 3.63) is 214 Å². The van der Waals surface area contributed by atoms with Crippen molar-refractivity contribution in [3.8, 4) is 28.7 Å². The monoisotopic (exact) mass is 1080 g/mol. The number of hydrogen-bond acceptors (Lipinski definition) is 10. The molecule has 1 aliphatic heterocycles. The lowest BCUT2D eigenvalue weighted by atomic mass is 9.65. The van der Waals surface area contributed by atoms with Crippen LogP contribution in [0.15, 0.2) is 151 Å². The van der Waals surface area contributed by atoms with Crippen LogP contribution in [0.25, 0.3) is 0 Å². The minimum atomic E-state index is -1.26. The van der Waals surface area contributed by atoms with Crippen molar-refractivity contribution in [2.45, 2.75) is 31.2 Å². The normalized spacial score (nSPS) is 16.9. The highest BCUT2D eigenvalue weighted by molar-refractivity contribution is 14.1. The molecular weight excluding hydrogens is 1040 g/mol. The Labute approximate surface area is 418 Å². The van der Waals surface area contributed by atoms with E-state index in [-0.39, 0.29) is 69.9 Å². The van der Waals surface area contributed by atoms with Crippen molar-refractivity contribution >= 4 is 87.1 Å². The highest BCUT2D eigenvalue weighted by Gasteiger charge is 2.61. The van der Waals surface area contributed by atoms with Crippen LogP contribution in [0.1, 0.15) is 76.2 Å². The first-order valence-corrected chi connectivity index (χ1v) is 23.1. The highest BCUT2D eigenvalue weighted by Crippen LogP contribution is 2.61. The summed E-state index contributed by atoms with van der Waals surface area (Å²) in [5.74, 6) is -3.14. The Morgan fingerprint density at radius 1 is 0.574 bits per heavy atom. The Morgan fingerprint density at radius 2 is 1.01 bits per heavy atom. The summed E-state index contributed by atoms with van der Waals surface area (Å²) in [6.45, 7) is 3.65. The number of esters is 4. The Balaban J connectivity index is 1.24. The third-order valence-corrected chi connectivity index (χ3v) is 13.5. The number of aliphatic imine (C=N–C) groups is 1. The maximum Gasteiger partial charge on any atom is 0.343 e. The largest absolute Gasteiger partial charge is 0.487 e. The van der Waals surface area contributed by atoms with Crippen molar-refractivity contribution in [2.24, 2.45) is 10.7 Å². The molecule has 340 valence electrons. The van der Waals surface area contributed by atoms with Gasteiger partial charge in [0.15, 0.2) is 23.0 Å². The molecule has 7 aromatic rings. The molecule has 7 aromatic carbocycles. The van der Waals surface area contributed by atoms with Gasteiger partial charge < -0.3 is 29.4 Å². The van der Waals surface area contributed by atoms with E-state index in [1.807, 2.05) is 13.8 Å². The van der Waals surface area contributed by atoms with Gasteiger partial charge in [0.2, 0.25) is 5.75 Å². The molecule has 68 heavy (non-hydrogen) atoms. The summed E-state index contributed by atoms with van der Waals surface area (Å²) in [5.41, 5.74) is 8.41. The molecule has 2 atom stereocenters. The van der Waals surface area contributed by atoms with Crippen molar-refractivity contribution in [2.75, 3.05) is 6.61 Å². The fraction of sp³-hybridized carbons (Fsp3) is 0.113. The molecule has 15 heteroatoms. The van der Waals surface area contributed by atoms with Crippen molar-refractivity contribution < 1.29 is 42.9 Å². The quantitative estimate of drug-likeness (QED) is 0.0460. The van der Waals surface area contributed by atoms with E-state index in [9.17, 15) is 19.2 Å². The zero-order chi connectivity index (χ0) is 47.9. The number of amidine groups is 1. The number of ether oxygens (including phenoxy) is 5. The average molecular weight is 1080 g/mol. The van der Waals surface area contributed by atoms with Gasteiger partial charge in [0.05, 0.1) is 27.7 Å². The molecule has 0 aromatic heterocycles. The number of rotatable bonds is 10. The van der Waals surface area contributed by atoms with Gasteiger partial charge in [0.25, 0.3) is 0 Å². The zero-order valence-corrected chi connectivity index (χ0v) is 40.4. The number of hydrogen-bond donors (Lipinski definition) is 1. The molecule has 0 bridgehead atoms. The van der Waals surface area contributed by atoms with E-state index < -0.39 is 34.8 Å². The fourth-order valence-corrected chi connectivity index (χ4v) is 9.07. The van der Waals surface area contributed by atoms with Crippen molar-refractivity contribution in [1.29, 1.82) is 0 Å². The molecule has 0 radical (unpaired) electrons. The summed E-state index contributed by atoms with van der Waals surface area (Å²) in [5, 5.41) is 1.32. The van der Waals surface area contributed by atoms with Gasteiger partial charge in [0, 0.05) is 36.2 Å². The van der Waals surface area contributed by atoms with E-state index >= 15 is 0 Å². The van der Waals surface area contributed by atoms with Gasteiger partial charge in [-0.05, 0) is 175 Å². The van der Waals surface area contributed by atoms with Gasteiger partial charge in [0.1, 0.15) is 18.0 Å². The number of nitrogens with zero attached hydrogens (tertiary/aromatic N) is 1. The van der Waals surface area contributed by atoms with Gasteiger partial charge in [-0.3, -0.25) is 4.99 Å². The minimum Gasteiger partial charge on any atom is -0.487 e. The molecule has 2 N–H and O–H groups in total. The summed E-state index contributed by atoms with van der Waals surface area (Å²) in [6, 6.07) is 39.2. The van der Waals surface area contributed by atoms with E-state index in [0.717, 1.165) is 9.13 Å². The van der Waals surface area contributed by atoms with Crippen LogP contribution in [0.2, 0.25) is 15.1 Å². The molecule has 0 spiro atoms. The molecular formula is C53H36Cl3IN2O9. The zero-order valence-electron chi connectivity index (χ0n) is 36.0. The summed E-state index contributed by atoms with van der Waals surface area (Å²) in [6.07, 6.45) is 0.167. The third kappa shape index (κ3) is 9.04.